The Morgan fingerprint density at radius 1 is 0.762 bits per heavy atom. The monoisotopic (exact) mass is 376 g/mol. The molecule has 0 aromatic rings. The normalized spacial score (nSPS) is 12.4. The molecule has 2 unspecified atom stereocenters. The predicted octanol–water partition coefficient (Wildman–Crippen LogP) is 1.90. The van der Waals surface area contributed by atoms with Gasteiger partial charge in [0.2, 0.25) is 0 Å². The first-order valence-electron chi connectivity index (χ1n) is 7.86. The van der Waals surface area contributed by atoms with Gasteiger partial charge in [0.05, 0.1) is 0 Å². The second kappa shape index (κ2) is 17.9. The number of carboxylic acid groups (broad SMARTS) is 2. The predicted molar refractivity (Wildman–Crippen MR) is 76.6 cm³/mol. The Kier molecular flexibility index (Phi) is 21.9. The molecule has 120 valence electrons. The number of hydrogen-bond donors (Lipinski definition) is 0. The molecule has 2 atom stereocenters. The van der Waals surface area contributed by atoms with E-state index >= 15 is 0 Å². The summed E-state index contributed by atoms with van der Waals surface area (Å²) in [7, 11) is 0. The van der Waals surface area contributed by atoms with Gasteiger partial charge in [0.15, 0.2) is 0 Å². The van der Waals surface area contributed by atoms with E-state index in [4.69, 9.17) is 0 Å². The Balaban J connectivity index is -0.000000295. The van der Waals surface area contributed by atoms with Crippen molar-refractivity contribution in [2.45, 2.75) is 79.1 Å². The number of aliphatic carboxylic acids is 2. The molecule has 21 heavy (non-hydrogen) atoms. The van der Waals surface area contributed by atoms with Crippen molar-refractivity contribution in [1.82, 2.24) is 0 Å². The molecule has 0 aliphatic heterocycles. The minimum atomic E-state index is -0.893. The van der Waals surface area contributed by atoms with Crippen molar-refractivity contribution >= 4 is 11.9 Å². The second-order valence-corrected chi connectivity index (χ2v) is 5.13. The van der Waals surface area contributed by atoms with Crippen molar-refractivity contribution in [3.8, 4) is 0 Å². The smallest absolute Gasteiger partial charge is 0.550 e. The molecule has 0 heterocycles. The molecule has 0 aromatic heterocycles. The first kappa shape index (κ1) is 25.8. The molecule has 0 fully saturated rings. The van der Waals surface area contributed by atoms with Crippen LogP contribution in [0, 0.1) is 11.8 Å². The summed E-state index contributed by atoms with van der Waals surface area (Å²) in [6.07, 6.45) is 7.04. The number of rotatable bonds is 10. The third kappa shape index (κ3) is 16.0. The number of carbonyl (C=O) groups is 2. The van der Waals surface area contributed by atoms with Crippen LogP contribution < -0.4 is 10.2 Å². The second-order valence-electron chi connectivity index (χ2n) is 5.13. The van der Waals surface area contributed by atoms with Crippen molar-refractivity contribution < 1.29 is 46.0 Å². The first-order chi connectivity index (χ1) is 9.44. The third-order valence-corrected chi connectivity index (χ3v) is 3.46. The molecule has 0 saturated carbocycles. The fourth-order valence-corrected chi connectivity index (χ4v) is 1.88. The topological polar surface area (TPSA) is 80.3 Å². The maximum absolute atomic E-state index is 10.3. The molecule has 0 spiro atoms. The van der Waals surface area contributed by atoms with E-state index in [0.29, 0.717) is 12.8 Å². The summed E-state index contributed by atoms with van der Waals surface area (Å²) in [5, 5.41) is 20.7. The van der Waals surface area contributed by atoms with Crippen molar-refractivity contribution in [3.63, 3.8) is 0 Å². The number of carboxylic acids is 2. The van der Waals surface area contributed by atoms with Crippen LogP contribution in [0.4, 0.5) is 0 Å². The fourth-order valence-electron chi connectivity index (χ4n) is 1.88. The van der Waals surface area contributed by atoms with E-state index in [-0.39, 0.29) is 38.0 Å². The van der Waals surface area contributed by atoms with Crippen LogP contribution in [0.1, 0.15) is 79.1 Å². The molecule has 0 N–H and O–H groups in total. The molecule has 5 heteroatoms. The van der Waals surface area contributed by atoms with Crippen LogP contribution in [0.3, 0.4) is 0 Å². The van der Waals surface area contributed by atoms with E-state index in [1.165, 1.54) is 0 Å². The van der Waals surface area contributed by atoms with Gasteiger partial charge in [0.25, 0.3) is 0 Å². The van der Waals surface area contributed by atoms with Gasteiger partial charge >= 0.3 is 26.2 Å². The molecule has 0 rings (SSSR count). The quantitative estimate of drug-likeness (QED) is 0.582. The average Bonchev–Trinajstić information content (AvgIpc) is 2.40. The fraction of sp³-hybridized carbons (Fsp3) is 0.875. The van der Waals surface area contributed by atoms with Gasteiger partial charge in [-0.3, -0.25) is 0 Å². The van der Waals surface area contributed by atoms with E-state index in [0.717, 1.165) is 38.5 Å². The van der Waals surface area contributed by atoms with E-state index in [9.17, 15) is 19.8 Å². The molecule has 0 saturated heterocycles. The number of carbonyl (C=O) groups excluding carboxylic acids is 2. The van der Waals surface area contributed by atoms with Crippen molar-refractivity contribution in [3.05, 3.63) is 0 Å². The molecule has 4 nitrogen and oxygen atoms in total. The van der Waals surface area contributed by atoms with Gasteiger partial charge in [0, 0.05) is 11.9 Å². The van der Waals surface area contributed by atoms with E-state index in [2.05, 4.69) is 13.8 Å². The van der Waals surface area contributed by atoms with Crippen molar-refractivity contribution in [2.75, 3.05) is 0 Å². The van der Waals surface area contributed by atoms with Crippen LogP contribution in [-0.4, -0.2) is 11.9 Å². The minimum absolute atomic E-state index is 0. The molecular formula is C16H30O4Zr+2. The van der Waals surface area contributed by atoms with Crippen LogP contribution in [0.15, 0.2) is 0 Å². The van der Waals surface area contributed by atoms with Crippen LogP contribution in [-0.2, 0) is 35.8 Å². The van der Waals surface area contributed by atoms with Gasteiger partial charge in [0.1, 0.15) is 0 Å². The van der Waals surface area contributed by atoms with Crippen LogP contribution in [0.2, 0.25) is 0 Å². The van der Waals surface area contributed by atoms with Gasteiger partial charge in [-0.2, -0.15) is 0 Å². The Morgan fingerprint density at radius 2 is 1.05 bits per heavy atom. The standard InChI is InChI=1S/2C8H16O2.Zr/c2*1-3-5-6-7(4-2)8(9)10;/h2*7H,3-6H2,1-2H3,(H,9,10);/q;;+4/p-2. The zero-order valence-corrected chi connectivity index (χ0v) is 16.4. The summed E-state index contributed by atoms with van der Waals surface area (Å²) < 4.78 is 0. The van der Waals surface area contributed by atoms with Gasteiger partial charge < -0.3 is 19.8 Å². The molecule has 0 aromatic carbocycles. The SMILES string of the molecule is CCCCC(CC)C(=O)[O-].CCCCC(CC)C(=O)[O-].[Zr+4]. The van der Waals surface area contributed by atoms with Gasteiger partial charge in [-0.15, -0.1) is 0 Å². The largest absolute Gasteiger partial charge is 4.00 e. The third-order valence-electron chi connectivity index (χ3n) is 3.46. The Morgan fingerprint density at radius 3 is 1.19 bits per heavy atom. The zero-order chi connectivity index (χ0) is 16.0. The van der Waals surface area contributed by atoms with Crippen LogP contribution in [0.25, 0.3) is 0 Å². The number of unbranched alkanes of at least 4 members (excludes halogenated alkanes) is 2. The van der Waals surface area contributed by atoms with Crippen molar-refractivity contribution in [2.24, 2.45) is 11.8 Å². The van der Waals surface area contributed by atoms with E-state index in [1.54, 1.807) is 0 Å². The van der Waals surface area contributed by atoms with Gasteiger partial charge in [-0.25, -0.2) is 0 Å². The Hall–Kier alpha value is -0.177. The first-order valence-corrected chi connectivity index (χ1v) is 7.86. The summed E-state index contributed by atoms with van der Waals surface area (Å²) in [5.41, 5.74) is 0. The summed E-state index contributed by atoms with van der Waals surface area (Å²) in [6, 6.07) is 0. The molecule has 0 radical (unpaired) electrons. The van der Waals surface area contributed by atoms with E-state index in [1.807, 2.05) is 13.8 Å². The minimum Gasteiger partial charge on any atom is -0.550 e. The number of hydrogen-bond acceptors (Lipinski definition) is 4. The summed E-state index contributed by atoms with van der Waals surface area (Å²) in [4.78, 5) is 20.7. The van der Waals surface area contributed by atoms with Crippen LogP contribution in [0.5, 0.6) is 0 Å². The molecule has 0 aliphatic rings. The maximum Gasteiger partial charge on any atom is 4.00 e. The summed E-state index contributed by atoms with van der Waals surface area (Å²) in [5.74, 6) is -2.23. The summed E-state index contributed by atoms with van der Waals surface area (Å²) in [6.45, 7) is 7.89. The molecule has 0 aliphatic carbocycles. The zero-order valence-electron chi connectivity index (χ0n) is 13.9. The summed E-state index contributed by atoms with van der Waals surface area (Å²) >= 11 is 0. The average molecular weight is 378 g/mol. The maximum atomic E-state index is 10.3. The molecular weight excluding hydrogens is 347 g/mol. The Bertz CT molecular complexity index is 231. The van der Waals surface area contributed by atoms with E-state index < -0.39 is 11.9 Å². The van der Waals surface area contributed by atoms with Gasteiger partial charge in [-0.1, -0.05) is 53.4 Å². The van der Waals surface area contributed by atoms with Crippen molar-refractivity contribution in [1.29, 1.82) is 0 Å². The van der Waals surface area contributed by atoms with Crippen LogP contribution >= 0.6 is 0 Å². The molecule has 0 amide bonds. The Labute approximate surface area is 148 Å². The molecule has 0 bridgehead atoms. The van der Waals surface area contributed by atoms with Gasteiger partial charge in [-0.05, 0) is 37.5 Å².